The minimum atomic E-state index is -0.122. The molecule has 1 aromatic carbocycles. The second-order valence-corrected chi connectivity index (χ2v) is 4.50. The lowest BCUT2D eigenvalue weighted by atomic mass is 10.2. The summed E-state index contributed by atoms with van der Waals surface area (Å²) in [5, 5.41) is 2.85. The van der Waals surface area contributed by atoms with Gasteiger partial charge in [-0.2, -0.15) is 0 Å². The first-order valence-electron chi connectivity index (χ1n) is 5.97. The Balaban J connectivity index is 2.71. The van der Waals surface area contributed by atoms with E-state index in [2.05, 4.69) is 12.2 Å². The van der Waals surface area contributed by atoms with Crippen LogP contribution in [0.5, 0.6) is 0 Å². The van der Waals surface area contributed by atoms with Crippen LogP contribution >= 0.6 is 12.2 Å². The average Bonchev–Trinajstić information content (AvgIpc) is 2.38. The van der Waals surface area contributed by atoms with Crippen molar-refractivity contribution in [3.8, 4) is 0 Å². The first kappa shape index (κ1) is 14.4. The first-order chi connectivity index (χ1) is 8.56. The van der Waals surface area contributed by atoms with E-state index in [1.54, 1.807) is 11.9 Å². The molecular weight excluding hydrogens is 246 g/mol. The number of anilines is 1. The number of hydrogen-bond acceptors (Lipinski definition) is 2. The monoisotopic (exact) mass is 265 g/mol. The van der Waals surface area contributed by atoms with Gasteiger partial charge >= 0.3 is 6.03 Å². The number of nitrogens with one attached hydrogen (secondary N) is 1. The molecule has 2 amide bonds. The third-order valence-corrected chi connectivity index (χ3v) is 2.86. The third kappa shape index (κ3) is 4.00. The van der Waals surface area contributed by atoms with Gasteiger partial charge in [0.2, 0.25) is 0 Å². The van der Waals surface area contributed by atoms with Gasteiger partial charge in [-0.15, -0.1) is 0 Å². The van der Waals surface area contributed by atoms with E-state index in [0.29, 0.717) is 11.5 Å². The van der Waals surface area contributed by atoms with Crippen LogP contribution in [0.3, 0.4) is 0 Å². The van der Waals surface area contributed by atoms with Gasteiger partial charge in [0.1, 0.15) is 4.99 Å². The average molecular weight is 265 g/mol. The zero-order valence-corrected chi connectivity index (χ0v) is 11.6. The van der Waals surface area contributed by atoms with Crippen molar-refractivity contribution < 1.29 is 4.79 Å². The molecule has 0 atom stereocenters. The minimum absolute atomic E-state index is 0.122. The number of thiocarbonyl (C=S) groups is 1. The molecule has 0 radical (unpaired) electrons. The fraction of sp³-hybridized carbons (Fsp3) is 0.385. The van der Waals surface area contributed by atoms with Gasteiger partial charge in [0.15, 0.2) is 0 Å². The Hall–Kier alpha value is -1.62. The Bertz CT molecular complexity index is 434. The number of urea groups is 1. The second-order valence-electron chi connectivity index (χ2n) is 4.06. The quantitative estimate of drug-likeness (QED) is 0.634. The molecule has 1 aromatic rings. The largest absolute Gasteiger partial charge is 0.389 e. The van der Waals surface area contributed by atoms with Crippen molar-refractivity contribution in [3.63, 3.8) is 0 Å². The molecule has 0 aliphatic carbocycles. The third-order valence-electron chi connectivity index (χ3n) is 2.63. The molecule has 0 fully saturated rings. The molecule has 1 rings (SSSR count). The molecule has 98 valence electrons. The van der Waals surface area contributed by atoms with Crippen LogP contribution < -0.4 is 16.0 Å². The van der Waals surface area contributed by atoms with Crippen LogP contribution in [-0.2, 0) is 0 Å². The molecular formula is C13H19N3OS. The van der Waals surface area contributed by atoms with Crippen LogP contribution in [0, 0.1) is 0 Å². The summed E-state index contributed by atoms with van der Waals surface area (Å²) >= 11 is 4.92. The predicted octanol–water partition coefficient (Wildman–Crippen LogP) is 2.27. The molecule has 0 saturated heterocycles. The van der Waals surface area contributed by atoms with Gasteiger partial charge in [0.25, 0.3) is 0 Å². The smallest absolute Gasteiger partial charge is 0.321 e. The van der Waals surface area contributed by atoms with Crippen molar-refractivity contribution in [3.05, 3.63) is 29.8 Å². The molecule has 0 aromatic heterocycles. The van der Waals surface area contributed by atoms with Gasteiger partial charge in [-0.05, 0) is 18.6 Å². The number of carbonyl (C=O) groups excluding carboxylic acids is 1. The first-order valence-corrected chi connectivity index (χ1v) is 6.38. The zero-order valence-electron chi connectivity index (χ0n) is 10.8. The lowest BCUT2D eigenvalue weighted by molar-refractivity contribution is 0.247. The van der Waals surface area contributed by atoms with E-state index in [4.69, 9.17) is 18.0 Å². The maximum absolute atomic E-state index is 11.9. The zero-order chi connectivity index (χ0) is 13.5. The van der Waals surface area contributed by atoms with Gasteiger partial charge in [0, 0.05) is 24.8 Å². The normalized spacial score (nSPS) is 9.89. The van der Waals surface area contributed by atoms with Crippen LogP contribution in [0.4, 0.5) is 10.5 Å². The molecule has 0 aliphatic heterocycles. The highest BCUT2D eigenvalue weighted by Gasteiger charge is 2.10. The van der Waals surface area contributed by atoms with Gasteiger partial charge in [-0.1, -0.05) is 37.7 Å². The Morgan fingerprint density at radius 2 is 2.22 bits per heavy atom. The number of hydrogen-bond donors (Lipinski definition) is 2. The second kappa shape index (κ2) is 6.96. The molecule has 0 bridgehead atoms. The molecule has 4 nitrogen and oxygen atoms in total. The lowest BCUT2D eigenvalue weighted by Gasteiger charge is -2.18. The van der Waals surface area contributed by atoms with Gasteiger partial charge in [-0.3, -0.25) is 4.90 Å². The summed E-state index contributed by atoms with van der Waals surface area (Å²) < 4.78 is 0. The fourth-order valence-electron chi connectivity index (χ4n) is 1.48. The van der Waals surface area contributed by atoms with E-state index in [9.17, 15) is 4.79 Å². The Kier molecular flexibility index (Phi) is 5.58. The summed E-state index contributed by atoms with van der Waals surface area (Å²) in [5.41, 5.74) is 7.10. The van der Waals surface area contributed by atoms with Crippen LogP contribution in [0.25, 0.3) is 0 Å². The summed E-state index contributed by atoms with van der Waals surface area (Å²) in [6, 6.07) is 7.19. The standard InChI is InChI=1S/C13H19N3OS/c1-3-4-8-15-13(17)16(2)11-7-5-6-10(9-11)12(14)18/h5-7,9H,3-4,8H2,1-2H3,(H2,14,18)(H,15,17). The highest BCUT2D eigenvalue weighted by atomic mass is 32.1. The van der Waals surface area contributed by atoms with Crippen molar-refractivity contribution in [1.29, 1.82) is 0 Å². The summed E-state index contributed by atoms with van der Waals surface area (Å²) in [5.74, 6) is 0. The highest BCUT2D eigenvalue weighted by Crippen LogP contribution is 2.14. The van der Waals surface area contributed by atoms with Crippen molar-refractivity contribution in [2.24, 2.45) is 5.73 Å². The summed E-state index contributed by atoms with van der Waals surface area (Å²) in [7, 11) is 1.72. The predicted molar refractivity (Wildman–Crippen MR) is 79.0 cm³/mol. The van der Waals surface area contributed by atoms with E-state index in [-0.39, 0.29) is 6.03 Å². The number of benzene rings is 1. The summed E-state index contributed by atoms with van der Waals surface area (Å²) in [6.45, 7) is 2.77. The molecule has 0 heterocycles. The maximum Gasteiger partial charge on any atom is 0.321 e. The molecule has 0 spiro atoms. The van der Waals surface area contributed by atoms with Crippen molar-refractivity contribution in [1.82, 2.24) is 5.32 Å². The molecule has 0 saturated carbocycles. The topological polar surface area (TPSA) is 58.4 Å². The van der Waals surface area contributed by atoms with Crippen molar-refractivity contribution in [2.45, 2.75) is 19.8 Å². The highest BCUT2D eigenvalue weighted by molar-refractivity contribution is 7.80. The maximum atomic E-state index is 11.9. The SMILES string of the molecule is CCCCNC(=O)N(C)c1cccc(C(N)=S)c1. The summed E-state index contributed by atoms with van der Waals surface area (Å²) in [6.07, 6.45) is 2.04. The van der Waals surface area contributed by atoms with Crippen molar-refractivity contribution >= 4 is 28.9 Å². The van der Waals surface area contributed by atoms with Crippen LogP contribution in [0.15, 0.2) is 24.3 Å². The number of nitrogens with two attached hydrogens (primary N) is 1. The van der Waals surface area contributed by atoms with Crippen LogP contribution in [-0.4, -0.2) is 24.6 Å². The minimum Gasteiger partial charge on any atom is -0.389 e. The number of nitrogens with zero attached hydrogens (tertiary/aromatic N) is 1. The van der Waals surface area contributed by atoms with Gasteiger partial charge in [0.05, 0.1) is 0 Å². The van der Waals surface area contributed by atoms with Crippen LogP contribution in [0.1, 0.15) is 25.3 Å². The Morgan fingerprint density at radius 1 is 1.50 bits per heavy atom. The molecule has 18 heavy (non-hydrogen) atoms. The van der Waals surface area contributed by atoms with E-state index < -0.39 is 0 Å². The van der Waals surface area contributed by atoms with Crippen molar-refractivity contribution in [2.75, 3.05) is 18.5 Å². The van der Waals surface area contributed by atoms with E-state index >= 15 is 0 Å². The van der Waals surface area contributed by atoms with Crippen LogP contribution in [0.2, 0.25) is 0 Å². The number of amides is 2. The Morgan fingerprint density at radius 3 is 2.83 bits per heavy atom. The summed E-state index contributed by atoms with van der Waals surface area (Å²) in [4.78, 5) is 13.7. The Labute approximate surface area is 113 Å². The number of unbranched alkanes of at least 4 members (excludes halogenated alkanes) is 1. The molecule has 5 heteroatoms. The van der Waals surface area contributed by atoms with E-state index in [1.165, 1.54) is 0 Å². The fourth-order valence-corrected chi connectivity index (χ4v) is 1.60. The van der Waals surface area contributed by atoms with Gasteiger partial charge in [-0.25, -0.2) is 4.79 Å². The molecule has 3 N–H and O–H groups in total. The van der Waals surface area contributed by atoms with E-state index in [0.717, 1.165) is 24.1 Å². The molecule has 0 unspecified atom stereocenters. The van der Waals surface area contributed by atoms with Gasteiger partial charge < -0.3 is 11.1 Å². The van der Waals surface area contributed by atoms with E-state index in [1.807, 2.05) is 24.3 Å². The lowest BCUT2D eigenvalue weighted by Crippen LogP contribution is -2.37. The molecule has 0 aliphatic rings. The number of rotatable bonds is 5. The number of carbonyl (C=O) groups is 1.